The number of benzene rings is 1. The van der Waals surface area contributed by atoms with Crippen molar-refractivity contribution in [1.82, 2.24) is 20.1 Å². The summed E-state index contributed by atoms with van der Waals surface area (Å²) in [7, 11) is 1.62. The van der Waals surface area contributed by atoms with Crippen molar-refractivity contribution in [3.63, 3.8) is 0 Å². The van der Waals surface area contributed by atoms with Crippen LogP contribution in [0.15, 0.2) is 42.1 Å². The van der Waals surface area contributed by atoms with Crippen LogP contribution in [0.1, 0.15) is 18.7 Å². The molecule has 1 aromatic heterocycles. The maximum Gasteiger partial charge on any atom is 0.230 e. The number of rotatable bonds is 10. The summed E-state index contributed by atoms with van der Waals surface area (Å²) in [6, 6.07) is 7.71. The van der Waals surface area contributed by atoms with E-state index in [1.165, 1.54) is 11.8 Å². The molecular weight excluding hydrogens is 352 g/mol. The highest BCUT2D eigenvalue weighted by Crippen LogP contribution is 2.22. The van der Waals surface area contributed by atoms with Crippen LogP contribution in [-0.2, 0) is 17.9 Å². The number of methoxy groups -OCH3 is 1. The zero-order chi connectivity index (χ0) is 18.4. The zero-order valence-electron chi connectivity index (χ0n) is 14.7. The first kappa shape index (κ1) is 18.3. The van der Waals surface area contributed by atoms with Crippen LogP contribution in [0.4, 0.5) is 0 Å². The van der Waals surface area contributed by atoms with Crippen molar-refractivity contribution in [2.75, 3.05) is 12.9 Å². The Labute approximate surface area is 156 Å². The van der Waals surface area contributed by atoms with E-state index < -0.39 is 0 Å². The molecule has 26 heavy (non-hydrogen) atoms. The highest BCUT2D eigenvalue weighted by molar-refractivity contribution is 7.99. The summed E-state index contributed by atoms with van der Waals surface area (Å²) in [6.45, 7) is 4.61. The van der Waals surface area contributed by atoms with Crippen LogP contribution in [0.2, 0.25) is 0 Å². The molecule has 0 unspecified atom stereocenters. The number of allylic oxidation sites excluding steroid dienone is 1. The number of amides is 1. The lowest BCUT2D eigenvalue weighted by Gasteiger charge is -2.09. The Morgan fingerprint density at radius 3 is 2.73 bits per heavy atom. The lowest BCUT2D eigenvalue weighted by atomic mass is 10.3. The Balaban J connectivity index is 1.59. The number of carbonyl (C=O) groups is 1. The van der Waals surface area contributed by atoms with Gasteiger partial charge in [-0.1, -0.05) is 17.8 Å². The average Bonchev–Trinajstić information content (AvgIpc) is 3.39. The molecule has 0 atom stereocenters. The van der Waals surface area contributed by atoms with E-state index >= 15 is 0 Å². The van der Waals surface area contributed by atoms with Gasteiger partial charge < -0.3 is 14.8 Å². The first-order valence-corrected chi connectivity index (χ1v) is 9.40. The van der Waals surface area contributed by atoms with Crippen molar-refractivity contribution in [3.05, 3.63) is 42.7 Å². The standard InChI is InChI=1S/C18H22N4O3S/c1-3-10-22-16(11-25-15-8-6-14(24-2)7-9-15)20-21-18(22)26-12-17(23)19-13-4-5-13/h3,6-9,13H,1,4-5,10-12H2,2H3,(H,19,23). The van der Waals surface area contributed by atoms with E-state index in [2.05, 4.69) is 22.1 Å². The Morgan fingerprint density at radius 1 is 1.35 bits per heavy atom. The molecule has 0 radical (unpaired) electrons. The number of aromatic nitrogens is 3. The highest BCUT2D eigenvalue weighted by Gasteiger charge is 2.23. The SMILES string of the molecule is C=CCn1c(COc2ccc(OC)cc2)nnc1SCC(=O)NC1CC1. The maximum absolute atomic E-state index is 11.9. The quantitative estimate of drug-likeness (QED) is 0.508. The third-order valence-electron chi connectivity index (χ3n) is 3.81. The number of nitrogens with one attached hydrogen (secondary N) is 1. The van der Waals surface area contributed by atoms with E-state index in [9.17, 15) is 4.79 Å². The van der Waals surface area contributed by atoms with Gasteiger partial charge in [0.15, 0.2) is 11.0 Å². The van der Waals surface area contributed by atoms with Crippen LogP contribution in [0.5, 0.6) is 11.5 Å². The van der Waals surface area contributed by atoms with E-state index in [4.69, 9.17) is 9.47 Å². The van der Waals surface area contributed by atoms with Gasteiger partial charge in [0, 0.05) is 12.6 Å². The van der Waals surface area contributed by atoms with Crippen molar-refractivity contribution < 1.29 is 14.3 Å². The molecule has 1 aliphatic rings. The molecule has 1 aliphatic carbocycles. The molecule has 1 amide bonds. The van der Waals surface area contributed by atoms with E-state index in [-0.39, 0.29) is 12.5 Å². The molecule has 0 spiro atoms. The first-order valence-electron chi connectivity index (χ1n) is 8.41. The average molecular weight is 374 g/mol. The Kier molecular flexibility index (Phi) is 6.17. The van der Waals surface area contributed by atoms with Crippen molar-refractivity contribution >= 4 is 17.7 Å². The minimum atomic E-state index is 0.0293. The fourth-order valence-corrected chi connectivity index (χ4v) is 3.07. The number of hydrogen-bond donors (Lipinski definition) is 1. The van der Waals surface area contributed by atoms with Gasteiger partial charge >= 0.3 is 0 Å². The van der Waals surface area contributed by atoms with Crippen LogP contribution in [0, 0.1) is 0 Å². The molecule has 1 saturated carbocycles. The van der Waals surface area contributed by atoms with Gasteiger partial charge in [-0.2, -0.15) is 0 Å². The molecule has 1 N–H and O–H groups in total. The third-order valence-corrected chi connectivity index (χ3v) is 4.77. The summed E-state index contributed by atoms with van der Waals surface area (Å²) in [4.78, 5) is 11.9. The minimum absolute atomic E-state index is 0.0293. The number of ether oxygens (including phenoxy) is 2. The third kappa shape index (κ3) is 5.01. The van der Waals surface area contributed by atoms with Gasteiger partial charge in [-0.3, -0.25) is 9.36 Å². The van der Waals surface area contributed by atoms with Crippen LogP contribution in [0.3, 0.4) is 0 Å². The summed E-state index contributed by atoms with van der Waals surface area (Å²) in [6.07, 6.45) is 3.93. The largest absolute Gasteiger partial charge is 0.497 e. The van der Waals surface area contributed by atoms with Gasteiger partial charge in [0.25, 0.3) is 0 Å². The number of thioether (sulfide) groups is 1. The normalized spacial score (nSPS) is 13.3. The summed E-state index contributed by atoms with van der Waals surface area (Å²) in [5.74, 6) is 2.53. The predicted molar refractivity (Wildman–Crippen MR) is 99.4 cm³/mol. The monoisotopic (exact) mass is 374 g/mol. The lowest BCUT2D eigenvalue weighted by molar-refractivity contribution is -0.118. The van der Waals surface area contributed by atoms with Crippen molar-refractivity contribution in [1.29, 1.82) is 0 Å². The molecule has 1 heterocycles. The topological polar surface area (TPSA) is 78.3 Å². The number of hydrogen-bond acceptors (Lipinski definition) is 6. The molecule has 138 valence electrons. The second kappa shape index (κ2) is 8.75. The van der Waals surface area contributed by atoms with E-state index in [1.54, 1.807) is 13.2 Å². The second-order valence-corrected chi connectivity index (χ2v) is 6.84. The Hall–Kier alpha value is -2.48. The summed E-state index contributed by atoms with van der Waals surface area (Å²) in [5.41, 5.74) is 0. The van der Waals surface area contributed by atoms with Crippen molar-refractivity contribution in [2.45, 2.75) is 37.2 Å². The van der Waals surface area contributed by atoms with Gasteiger partial charge in [-0.25, -0.2) is 0 Å². The number of nitrogens with zero attached hydrogens (tertiary/aromatic N) is 3. The second-order valence-electron chi connectivity index (χ2n) is 5.89. The van der Waals surface area contributed by atoms with E-state index in [0.29, 0.717) is 29.3 Å². The molecule has 0 bridgehead atoms. The molecule has 1 aromatic carbocycles. The Bertz CT molecular complexity index is 756. The van der Waals surface area contributed by atoms with E-state index in [0.717, 1.165) is 24.3 Å². The fourth-order valence-electron chi connectivity index (χ4n) is 2.29. The van der Waals surface area contributed by atoms with Gasteiger partial charge in [0.1, 0.15) is 18.1 Å². The van der Waals surface area contributed by atoms with Crippen molar-refractivity contribution in [3.8, 4) is 11.5 Å². The minimum Gasteiger partial charge on any atom is -0.497 e. The molecule has 0 saturated heterocycles. The molecule has 1 fully saturated rings. The van der Waals surface area contributed by atoms with Crippen LogP contribution >= 0.6 is 11.8 Å². The fraction of sp³-hybridized carbons (Fsp3) is 0.389. The molecule has 0 aliphatic heterocycles. The summed E-state index contributed by atoms with van der Waals surface area (Å²) < 4.78 is 12.8. The van der Waals surface area contributed by atoms with Gasteiger partial charge in [-0.05, 0) is 37.1 Å². The van der Waals surface area contributed by atoms with Crippen LogP contribution in [0.25, 0.3) is 0 Å². The van der Waals surface area contributed by atoms with E-state index in [1.807, 2.05) is 28.8 Å². The van der Waals surface area contributed by atoms with Gasteiger partial charge in [-0.15, -0.1) is 16.8 Å². The molecule has 2 aromatic rings. The summed E-state index contributed by atoms with van der Waals surface area (Å²) in [5, 5.41) is 12.0. The molecule has 3 rings (SSSR count). The lowest BCUT2D eigenvalue weighted by Crippen LogP contribution is -2.27. The predicted octanol–water partition coefficient (Wildman–Crippen LogP) is 2.42. The number of carbonyl (C=O) groups excluding carboxylic acids is 1. The zero-order valence-corrected chi connectivity index (χ0v) is 15.5. The van der Waals surface area contributed by atoms with Crippen LogP contribution < -0.4 is 14.8 Å². The molecule has 8 heteroatoms. The smallest absolute Gasteiger partial charge is 0.230 e. The molecule has 7 nitrogen and oxygen atoms in total. The molecular formula is C18H22N4O3S. The van der Waals surface area contributed by atoms with Gasteiger partial charge in [0.05, 0.1) is 12.9 Å². The summed E-state index contributed by atoms with van der Waals surface area (Å²) >= 11 is 1.37. The van der Waals surface area contributed by atoms with Crippen molar-refractivity contribution in [2.24, 2.45) is 0 Å². The maximum atomic E-state index is 11.9. The van der Waals surface area contributed by atoms with Crippen LogP contribution in [-0.4, -0.2) is 39.6 Å². The Morgan fingerprint density at radius 2 is 2.08 bits per heavy atom. The first-order chi connectivity index (χ1) is 12.7. The highest BCUT2D eigenvalue weighted by atomic mass is 32.2. The van der Waals surface area contributed by atoms with Gasteiger partial charge in [0.2, 0.25) is 5.91 Å².